The molecule has 20 heavy (non-hydrogen) atoms. The van der Waals surface area contributed by atoms with Gasteiger partial charge in [0.25, 0.3) is 0 Å². The summed E-state index contributed by atoms with van der Waals surface area (Å²) in [5.74, 6) is 1.69. The van der Waals surface area contributed by atoms with Crippen LogP contribution in [0.25, 0.3) is 0 Å². The van der Waals surface area contributed by atoms with Crippen molar-refractivity contribution in [2.45, 2.75) is 40.0 Å². The van der Waals surface area contributed by atoms with Crippen LogP contribution in [0.1, 0.15) is 38.7 Å². The van der Waals surface area contributed by atoms with E-state index in [1.807, 2.05) is 13.8 Å². The smallest absolute Gasteiger partial charge is 0.221 e. The Labute approximate surface area is 120 Å². The van der Waals surface area contributed by atoms with Gasteiger partial charge in [-0.1, -0.05) is 13.8 Å². The van der Waals surface area contributed by atoms with Crippen molar-refractivity contribution in [2.24, 2.45) is 0 Å². The average molecular weight is 279 g/mol. The number of rotatable bonds is 9. The molecule has 0 radical (unpaired) electrons. The molecule has 1 rings (SSSR count). The molecule has 1 aromatic rings. The van der Waals surface area contributed by atoms with E-state index >= 15 is 0 Å². The Kier molecular flexibility index (Phi) is 7.39. The quantitative estimate of drug-likeness (QED) is 0.644. The number of carbonyl (C=O) groups is 1. The highest BCUT2D eigenvalue weighted by Crippen LogP contribution is 2.17. The maximum atomic E-state index is 11.5. The topological polar surface area (TPSA) is 78.9 Å². The molecule has 6 nitrogen and oxygen atoms in total. The Bertz CT molecular complexity index is 422. The van der Waals surface area contributed by atoms with E-state index in [0.29, 0.717) is 13.0 Å². The van der Waals surface area contributed by atoms with Crippen molar-refractivity contribution in [1.82, 2.24) is 15.3 Å². The van der Waals surface area contributed by atoms with Crippen molar-refractivity contribution in [3.05, 3.63) is 11.9 Å². The van der Waals surface area contributed by atoms with Crippen molar-refractivity contribution in [1.29, 1.82) is 0 Å². The van der Waals surface area contributed by atoms with Gasteiger partial charge in [-0.3, -0.25) is 4.79 Å². The van der Waals surface area contributed by atoms with Crippen LogP contribution in [-0.2, 0) is 4.79 Å². The van der Waals surface area contributed by atoms with Crippen LogP contribution in [0.15, 0.2) is 6.33 Å². The van der Waals surface area contributed by atoms with Gasteiger partial charge in [0.2, 0.25) is 5.91 Å². The summed E-state index contributed by atoms with van der Waals surface area (Å²) in [6.45, 7) is 8.30. The van der Waals surface area contributed by atoms with Gasteiger partial charge in [0, 0.05) is 31.6 Å². The number of nitrogens with one attached hydrogen (secondary N) is 3. The minimum atomic E-state index is 0.0652. The van der Waals surface area contributed by atoms with Crippen LogP contribution in [0, 0.1) is 6.92 Å². The summed E-state index contributed by atoms with van der Waals surface area (Å²) in [4.78, 5) is 19.9. The van der Waals surface area contributed by atoms with Crippen LogP contribution in [0.2, 0.25) is 0 Å². The molecule has 0 atom stereocenters. The fraction of sp³-hybridized carbons (Fsp3) is 0.643. The fourth-order valence-corrected chi connectivity index (χ4v) is 1.70. The lowest BCUT2D eigenvalue weighted by Gasteiger charge is -2.12. The van der Waals surface area contributed by atoms with Gasteiger partial charge in [-0.15, -0.1) is 0 Å². The molecule has 0 unspecified atom stereocenters. The lowest BCUT2D eigenvalue weighted by Crippen LogP contribution is -2.26. The molecule has 0 spiro atoms. The maximum Gasteiger partial charge on any atom is 0.221 e. The van der Waals surface area contributed by atoms with Crippen molar-refractivity contribution >= 4 is 17.5 Å². The Balaban J connectivity index is 2.45. The van der Waals surface area contributed by atoms with Gasteiger partial charge in [-0.25, -0.2) is 9.97 Å². The minimum Gasteiger partial charge on any atom is -0.370 e. The fourth-order valence-electron chi connectivity index (χ4n) is 1.70. The van der Waals surface area contributed by atoms with E-state index in [9.17, 15) is 4.79 Å². The van der Waals surface area contributed by atoms with Crippen molar-refractivity contribution in [2.75, 3.05) is 30.3 Å². The molecule has 0 aromatic carbocycles. The predicted octanol–water partition coefficient (Wildman–Crippen LogP) is 1.94. The zero-order valence-electron chi connectivity index (χ0n) is 12.6. The van der Waals surface area contributed by atoms with E-state index in [0.717, 1.165) is 43.1 Å². The van der Waals surface area contributed by atoms with E-state index < -0.39 is 0 Å². The molecule has 6 heteroatoms. The summed E-state index contributed by atoms with van der Waals surface area (Å²) in [7, 11) is 0. The first kappa shape index (κ1) is 16.2. The third-order valence-electron chi connectivity index (χ3n) is 2.84. The van der Waals surface area contributed by atoms with Gasteiger partial charge in [0.15, 0.2) is 0 Å². The molecule has 0 saturated heterocycles. The first-order valence-electron chi connectivity index (χ1n) is 7.25. The summed E-state index contributed by atoms with van der Waals surface area (Å²) >= 11 is 0. The maximum absolute atomic E-state index is 11.5. The van der Waals surface area contributed by atoms with Crippen LogP contribution in [0.5, 0.6) is 0 Å². The van der Waals surface area contributed by atoms with E-state index in [4.69, 9.17) is 0 Å². The normalized spacial score (nSPS) is 10.2. The summed E-state index contributed by atoms with van der Waals surface area (Å²) in [6, 6.07) is 0. The zero-order chi connectivity index (χ0) is 14.8. The number of hydrogen-bond donors (Lipinski definition) is 3. The number of hydrogen-bond acceptors (Lipinski definition) is 5. The van der Waals surface area contributed by atoms with Crippen LogP contribution < -0.4 is 16.0 Å². The second-order valence-corrected chi connectivity index (χ2v) is 4.65. The molecule has 1 heterocycles. The van der Waals surface area contributed by atoms with Gasteiger partial charge in [-0.2, -0.15) is 0 Å². The number of carbonyl (C=O) groups excluding carboxylic acids is 1. The predicted molar refractivity (Wildman–Crippen MR) is 82.0 cm³/mol. The monoisotopic (exact) mass is 279 g/mol. The van der Waals surface area contributed by atoms with E-state index in [-0.39, 0.29) is 5.91 Å². The molecule has 0 aliphatic carbocycles. The minimum absolute atomic E-state index is 0.0652. The third kappa shape index (κ3) is 5.42. The number of anilines is 2. The lowest BCUT2D eigenvalue weighted by molar-refractivity contribution is -0.120. The Morgan fingerprint density at radius 3 is 2.25 bits per heavy atom. The van der Waals surface area contributed by atoms with Gasteiger partial charge in [0.05, 0.1) is 0 Å². The molecule has 1 aromatic heterocycles. The molecule has 1 amide bonds. The molecule has 0 aliphatic rings. The lowest BCUT2D eigenvalue weighted by atomic mass is 10.3. The molecule has 0 bridgehead atoms. The van der Waals surface area contributed by atoms with Crippen molar-refractivity contribution in [3.8, 4) is 0 Å². The number of amides is 1. The number of aromatic nitrogens is 2. The third-order valence-corrected chi connectivity index (χ3v) is 2.84. The molecule has 0 saturated carbocycles. The van der Waals surface area contributed by atoms with E-state index in [2.05, 4.69) is 32.8 Å². The van der Waals surface area contributed by atoms with Crippen molar-refractivity contribution in [3.63, 3.8) is 0 Å². The Morgan fingerprint density at radius 2 is 1.65 bits per heavy atom. The second-order valence-electron chi connectivity index (χ2n) is 4.65. The van der Waals surface area contributed by atoms with Crippen LogP contribution in [0.3, 0.4) is 0 Å². The van der Waals surface area contributed by atoms with Crippen LogP contribution in [-0.4, -0.2) is 35.5 Å². The standard InChI is InChI=1S/C14H25N5O/c1-4-7-15-12(20)6-9-17-14-11(3)13(16-8-5-2)18-10-19-14/h10H,4-9H2,1-3H3,(H,15,20)(H2,16,17,18,19). The summed E-state index contributed by atoms with van der Waals surface area (Å²) < 4.78 is 0. The Morgan fingerprint density at radius 1 is 1.05 bits per heavy atom. The molecule has 112 valence electrons. The van der Waals surface area contributed by atoms with Gasteiger partial charge in [0.1, 0.15) is 18.0 Å². The zero-order valence-corrected chi connectivity index (χ0v) is 12.6. The van der Waals surface area contributed by atoms with Crippen LogP contribution >= 0.6 is 0 Å². The van der Waals surface area contributed by atoms with E-state index in [1.54, 1.807) is 0 Å². The number of nitrogens with zero attached hydrogens (tertiary/aromatic N) is 2. The van der Waals surface area contributed by atoms with Crippen molar-refractivity contribution < 1.29 is 4.79 Å². The summed E-state index contributed by atoms with van der Waals surface area (Å²) in [5.41, 5.74) is 0.981. The first-order chi connectivity index (χ1) is 9.69. The first-order valence-corrected chi connectivity index (χ1v) is 7.25. The van der Waals surface area contributed by atoms with Gasteiger partial charge < -0.3 is 16.0 Å². The molecular weight excluding hydrogens is 254 g/mol. The largest absolute Gasteiger partial charge is 0.370 e. The second kappa shape index (κ2) is 9.12. The highest BCUT2D eigenvalue weighted by molar-refractivity contribution is 5.76. The highest BCUT2D eigenvalue weighted by Gasteiger charge is 2.06. The molecule has 0 aliphatic heterocycles. The van der Waals surface area contributed by atoms with Gasteiger partial charge in [-0.05, 0) is 19.8 Å². The van der Waals surface area contributed by atoms with Crippen LogP contribution in [0.4, 0.5) is 11.6 Å². The summed E-state index contributed by atoms with van der Waals surface area (Å²) in [6.07, 6.45) is 3.98. The molecule has 3 N–H and O–H groups in total. The highest BCUT2D eigenvalue weighted by atomic mass is 16.1. The Hall–Kier alpha value is -1.85. The van der Waals surface area contributed by atoms with E-state index in [1.165, 1.54) is 6.33 Å². The van der Waals surface area contributed by atoms with Gasteiger partial charge >= 0.3 is 0 Å². The molecule has 0 fully saturated rings. The summed E-state index contributed by atoms with van der Waals surface area (Å²) in [5, 5.41) is 9.29. The SMILES string of the molecule is CCCNC(=O)CCNc1ncnc(NCCC)c1C. The average Bonchev–Trinajstić information content (AvgIpc) is 2.45. The molecular formula is C14H25N5O.